The minimum Gasteiger partial charge on any atom is -0.269 e. The number of sulfonamides is 1. The highest BCUT2D eigenvalue weighted by atomic mass is 32.2. The second-order valence-corrected chi connectivity index (χ2v) is 11.1. The summed E-state index contributed by atoms with van der Waals surface area (Å²) in [5, 5.41) is 0. The normalized spacial score (nSPS) is 17.6. The number of rotatable bonds is 6. The summed E-state index contributed by atoms with van der Waals surface area (Å²) in [6.07, 6.45) is 6.23. The molecule has 1 aliphatic rings. The van der Waals surface area contributed by atoms with Crippen LogP contribution < -0.4 is 4.72 Å². The van der Waals surface area contributed by atoms with Crippen molar-refractivity contribution < 1.29 is 13.2 Å². The van der Waals surface area contributed by atoms with Gasteiger partial charge in [0.1, 0.15) is 0 Å². The SMILES string of the molecule is O=C(C=Cc1ccc(C2c3ccccc3CCCC2c2ccccc2)cc1)NS(=O)(=O)c1ccccc1. The van der Waals surface area contributed by atoms with Crippen molar-refractivity contribution in [2.24, 2.45) is 0 Å². The number of nitrogens with one attached hydrogen (secondary N) is 1. The Bertz CT molecular complexity index is 1490. The van der Waals surface area contributed by atoms with E-state index in [9.17, 15) is 13.2 Å². The number of carbonyl (C=O) groups is 1. The van der Waals surface area contributed by atoms with E-state index in [0.717, 1.165) is 24.8 Å². The maximum atomic E-state index is 12.4. The van der Waals surface area contributed by atoms with Gasteiger partial charge in [0.15, 0.2) is 0 Å². The fraction of sp³-hybridized carbons (Fsp3) is 0.156. The van der Waals surface area contributed by atoms with Crippen LogP contribution in [0.2, 0.25) is 0 Å². The molecule has 0 saturated carbocycles. The number of hydrogen-bond acceptors (Lipinski definition) is 3. The zero-order valence-electron chi connectivity index (χ0n) is 20.5. The van der Waals surface area contributed by atoms with Crippen LogP contribution in [0.5, 0.6) is 0 Å². The Morgan fingerprint density at radius 2 is 1.41 bits per heavy atom. The number of amides is 1. The molecule has 0 aliphatic heterocycles. The third kappa shape index (κ3) is 5.73. The van der Waals surface area contributed by atoms with Crippen molar-refractivity contribution in [3.8, 4) is 0 Å². The van der Waals surface area contributed by atoms with Crippen LogP contribution in [0.3, 0.4) is 0 Å². The van der Waals surface area contributed by atoms with Crippen LogP contribution in [0.25, 0.3) is 6.08 Å². The maximum absolute atomic E-state index is 12.4. The molecular formula is C32H29NO3S. The summed E-state index contributed by atoms with van der Waals surface area (Å²) in [6, 6.07) is 35.6. The van der Waals surface area contributed by atoms with Crippen LogP contribution in [0, 0.1) is 0 Å². The molecule has 4 aromatic carbocycles. The minimum atomic E-state index is -3.90. The maximum Gasteiger partial charge on any atom is 0.264 e. The highest BCUT2D eigenvalue weighted by molar-refractivity contribution is 7.90. The van der Waals surface area contributed by atoms with Gasteiger partial charge in [0.25, 0.3) is 15.9 Å². The zero-order chi connectivity index (χ0) is 25.7. The number of aryl methyl sites for hydroxylation is 1. The van der Waals surface area contributed by atoms with Gasteiger partial charge in [0, 0.05) is 12.0 Å². The molecule has 0 heterocycles. The van der Waals surface area contributed by atoms with E-state index < -0.39 is 15.9 Å². The van der Waals surface area contributed by atoms with Crippen LogP contribution in [0.4, 0.5) is 0 Å². The number of carbonyl (C=O) groups excluding carboxylic acids is 1. The van der Waals surface area contributed by atoms with E-state index in [1.165, 1.54) is 40.5 Å². The van der Waals surface area contributed by atoms with Crippen molar-refractivity contribution in [2.75, 3.05) is 0 Å². The molecule has 5 rings (SSSR count). The first-order valence-electron chi connectivity index (χ1n) is 12.5. The number of fused-ring (bicyclic) bond motifs is 1. The van der Waals surface area contributed by atoms with Crippen molar-refractivity contribution in [2.45, 2.75) is 36.0 Å². The summed E-state index contributed by atoms with van der Waals surface area (Å²) >= 11 is 0. The molecule has 5 heteroatoms. The summed E-state index contributed by atoms with van der Waals surface area (Å²) in [4.78, 5) is 12.4. The standard InChI is InChI=1S/C32H29NO3S/c34-31(33-37(35,36)28-14-5-2-6-15-28)23-20-24-18-21-27(22-19-24)32-29-16-8-7-12-26(29)13-9-17-30(32)25-10-3-1-4-11-25/h1-8,10-12,14-16,18-23,30,32H,9,13,17H2,(H,33,34). The highest BCUT2D eigenvalue weighted by Crippen LogP contribution is 2.45. The van der Waals surface area contributed by atoms with Crippen LogP contribution in [-0.4, -0.2) is 14.3 Å². The Morgan fingerprint density at radius 3 is 2.14 bits per heavy atom. The first-order valence-corrected chi connectivity index (χ1v) is 14.0. The second kappa shape index (κ2) is 11.0. The van der Waals surface area contributed by atoms with Crippen LogP contribution in [0.15, 0.2) is 120 Å². The molecule has 0 spiro atoms. The van der Waals surface area contributed by atoms with Crippen LogP contribution >= 0.6 is 0 Å². The lowest BCUT2D eigenvalue weighted by Gasteiger charge is -2.28. The average Bonchev–Trinajstić information content (AvgIpc) is 3.13. The van der Waals surface area contributed by atoms with Crippen LogP contribution in [0.1, 0.15) is 52.5 Å². The molecule has 4 aromatic rings. The molecule has 0 radical (unpaired) electrons. The quantitative estimate of drug-likeness (QED) is 0.241. The third-order valence-corrected chi connectivity index (χ3v) is 8.36. The van der Waals surface area contributed by atoms with Crippen molar-refractivity contribution in [1.82, 2.24) is 4.72 Å². The summed E-state index contributed by atoms with van der Waals surface area (Å²) in [5.74, 6) is -0.0755. The molecule has 1 aliphatic carbocycles. The Balaban J connectivity index is 1.38. The lowest BCUT2D eigenvalue weighted by molar-refractivity contribution is -0.114. The fourth-order valence-electron chi connectivity index (χ4n) is 5.24. The third-order valence-electron chi connectivity index (χ3n) is 6.99. The van der Waals surface area contributed by atoms with Gasteiger partial charge in [-0.3, -0.25) is 4.79 Å². The summed E-state index contributed by atoms with van der Waals surface area (Å²) in [5.41, 5.74) is 6.20. The average molecular weight is 508 g/mol. The molecule has 37 heavy (non-hydrogen) atoms. The Hall–Kier alpha value is -3.96. The minimum absolute atomic E-state index is 0.0535. The van der Waals surface area contributed by atoms with E-state index in [-0.39, 0.29) is 10.8 Å². The molecule has 2 atom stereocenters. The lowest BCUT2D eigenvalue weighted by Crippen LogP contribution is -2.28. The van der Waals surface area contributed by atoms with Gasteiger partial charge in [0.2, 0.25) is 0 Å². The van der Waals surface area contributed by atoms with E-state index in [0.29, 0.717) is 5.92 Å². The largest absolute Gasteiger partial charge is 0.269 e. The summed E-state index contributed by atoms with van der Waals surface area (Å²) in [7, 11) is -3.90. The van der Waals surface area contributed by atoms with Crippen molar-refractivity contribution in [3.05, 3.63) is 143 Å². The zero-order valence-corrected chi connectivity index (χ0v) is 21.3. The van der Waals surface area contributed by atoms with Gasteiger partial charge < -0.3 is 0 Å². The molecule has 4 nitrogen and oxygen atoms in total. The molecule has 2 unspecified atom stereocenters. The smallest absolute Gasteiger partial charge is 0.264 e. The molecule has 1 N–H and O–H groups in total. The summed E-state index contributed by atoms with van der Waals surface area (Å²) < 4.78 is 26.9. The summed E-state index contributed by atoms with van der Waals surface area (Å²) in [6.45, 7) is 0. The lowest BCUT2D eigenvalue weighted by atomic mass is 9.76. The predicted octanol–water partition coefficient (Wildman–Crippen LogP) is 6.46. The molecule has 186 valence electrons. The van der Waals surface area contributed by atoms with Gasteiger partial charge in [0.05, 0.1) is 4.90 Å². The topological polar surface area (TPSA) is 63.2 Å². The van der Waals surface area contributed by atoms with Gasteiger partial charge >= 0.3 is 0 Å². The van der Waals surface area contributed by atoms with Gasteiger partial charge in [-0.1, -0.05) is 97.1 Å². The second-order valence-electron chi connectivity index (χ2n) is 9.37. The van der Waals surface area contributed by atoms with Crippen LogP contribution in [-0.2, 0) is 21.2 Å². The molecule has 0 fully saturated rings. The van der Waals surface area contributed by atoms with E-state index in [4.69, 9.17) is 0 Å². The van der Waals surface area contributed by atoms with Crippen molar-refractivity contribution in [1.29, 1.82) is 0 Å². The molecule has 0 bridgehead atoms. The molecular weight excluding hydrogens is 478 g/mol. The molecule has 0 aromatic heterocycles. The van der Waals surface area contributed by atoms with Gasteiger partial charge in [-0.2, -0.15) is 0 Å². The Morgan fingerprint density at radius 1 is 0.757 bits per heavy atom. The highest BCUT2D eigenvalue weighted by Gasteiger charge is 2.30. The molecule has 0 saturated heterocycles. The first kappa shape index (κ1) is 24.7. The van der Waals surface area contributed by atoms with E-state index in [1.807, 2.05) is 12.1 Å². The van der Waals surface area contributed by atoms with Crippen molar-refractivity contribution in [3.63, 3.8) is 0 Å². The number of benzene rings is 4. The van der Waals surface area contributed by atoms with Crippen molar-refractivity contribution >= 4 is 22.0 Å². The Kier molecular flexibility index (Phi) is 7.33. The first-order chi connectivity index (χ1) is 18.0. The van der Waals surface area contributed by atoms with Gasteiger partial charge in [-0.25, -0.2) is 13.1 Å². The van der Waals surface area contributed by atoms with E-state index >= 15 is 0 Å². The fourth-order valence-corrected chi connectivity index (χ4v) is 6.21. The predicted molar refractivity (Wildman–Crippen MR) is 148 cm³/mol. The number of hydrogen-bond donors (Lipinski definition) is 1. The monoisotopic (exact) mass is 507 g/mol. The Labute approximate surface area is 218 Å². The molecule has 1 amide bonds. The van der Waals surface area contributed by atoms with Gasteiger partial charge in [-0.05, 0) is 71.2 Å². The van der Waals surface area contributed by atoms with E-state index in [2.05, 4.69) is 71.5 Å². The van der Waals surface area contributed by atoms with Gasteiger partial charge in [-0.15, -0.1) is 0 Å². The van der Waals surface area contributed by atoms with E-state index in [1.54, 1.807) is 24.3 Å².